The van der Waals surface area contributed by atoms with E-state index in [2.05, 4.69) is 0 Å². The van der Waals surface area contributed by atoms with Gasteiger partial charge in [0, 0.05) is 32.7 Å². The van der Waals surface area contributed by atoms with E-state index >= 15 is 26.3 Å². The lowest BCUT2D eigenvalue weighted by Crippen LogP contribution is -2.23. The predicted molar refractivity (Wildman–Crippen MR) is 196 cm³/mol. The first-order valence-corrected chi connectivity index (χ1v) is 16.8. The molecule has 7 aromatic carbocycles. The van der Waals surface area contributed by atoms with Gasteiger partial charge in [-0.15, -0.1) is 0 Å². The van der Waals surface area contributed by atoms with Crippen molar-refractivity contribution in [3.05, 3.63) is 168 Å². The van der Waals surface area contributed by atoms with Crippen molar-refractivity contribution in [2.24, 2.45) is 0 Å². The Hall–Kier alpha value is -6.42. The molecule has 0 amide bonds. The molecule has 0 radical (unpaired) electrons. The fourth-order valence-corrected chi connectivity index (χ4v) is 7.84. The number of nitrogens with zero attached hydrogens (tertiary/aromatic N) is 2. The Labute approximate surface area is 301 Å². The van der Waals surface area contributed by atoms with Crippen molar-refractivity contribution in [3.8, 4) is 33.6 Å². The largest absolute Gasteiger partial charge is 0.419 e. The summed E-state index contributed by atoms with van der Waals surface area (Å²) in [5.41, 5.74) is -5.47. The zero-order valence-corrected chi connectivity index (χ0v) is 27.8. The summed E-state index contributed by atoms with van der Waals surface area (Å²) in [6.45, 7) is 0. The van der Waals surface area contributed by atoms with Crippen LogP contribution in [-0.4, -0.2) is 9.13 Å². The Morgan fingerprint density at radius 2 is 0.611 bits per heavy atom. The second-order valence-electron chi connectivity index (χ2n) is 12.9. The van der Waals surface area contributed by atoms with E-state index in [1.807, 2.05) is 0 Å². The van der Waals surface area contributed by atoms with Crippen molar-refractivity contribution in [1.82, 2.24) is 9.13 Å². The summed E-state index contributed by atoms with van der Waals surface area (Å²) in [5.74, 6) is -1.50. The predicted octanol–water partition coefficient (Wildman–Crippen LogP) is 13.5. The highest BCUT2D eigenvalue weighted by Gasteiger charge is 2.48. The third kappa shape index (κ3) is 5.08. The van der Waals surface area contributed by atoms with Crippen molar-refractivity contribution in [2.75, 3.05) is 0 Å². The van der Waals surface area contributed by atoms with Gasteiger partial charge >= 0.3 is 12.4 Å². The molecule has 0 saturated heterocycles. The van der Waals surface area contributed by atoms with Crippen molar-refractivity contribution in [2.45, 2.75) is 12.4 Å². The third-order valence-corrected chi connectivity index (χ3v) is 9.89. The first kappa shape index (κ1) is 33.4. The van der Waals surface area contributed by atoms with Gasteiger partial charge in [0.05, 0.1) is 44.6 Å². The molecule has 0 bridgehead atoms. The SMILES string of the molecule is Fc1ccc(-c2c(-n3c4ccccc4c4ccccc43)c(-c3ccc(F)cc3)c(C(F)(F)F)c(-n3c4ccccc4c4ccccc43)c2C(F)(F)F)cc1. The fraction of sp³-hybridized carbons (Fsp3) is 0.0455. The van der Waals surface area contributed by atoms with E-state index in [0.29, 0.717) is 32.6 Å². The van der Waals surface area contributed by atoms with E-state index < -0.39 is 57.6 Å². The number of hydrogen-bond donors (Lipinski definition) is 0. The number of hydrogen-bond acceptors (Lipinski definition) is 0. The zero-order chi connectivity index (χ0) is 37.5. The number of para-hydroxylation sites is 4. The van der Waals surface area contributed by atoms with Crippen molar-refractivity contribution in [1.29, 1.82) is 0 Å². The average Bonchev–Trinajstić information content (AvgIpc) is 3.67. The maximum absolute atomic E-state index is 16.4. The standard InChI is InChI=1S/C44H24F8N2/c45-27-21-17-25(18-22-27)37-39(43(47,48)49)42(54-35-15-7-3-11-31(35)32-12-4-8-16-36(32)54)40(44(50,51)52)38(26-19-23-28(46)24-20-26)41(37)53-33-13-5-1-9-29(33)30-10-2-6-14-34(30)53/h1-24H. The Morgan fingerprint density at radius 3 is 0.907 bits per heavy atom. The molecule has 0 fully saturated rings. The lowest BCUT2D eigenvalue weighted by Gasteiger charge is -2.31. The summed E-state index contributed by atoms with van der Waals surface area (Å²) in [7, 11) is 0. The molecule has 0 aliphatic heterocycles. The molecule has 2 aromatic heterocycles. The maximum atomic E-state index is 16.4. The van der Waals surface area contributed by atoms with Gasteiger partial charge < -0.3 is 9.13 Å². The minimum absolute atomic E-state index is 0.106. The molecular formula is C44H24F8N2. The topological polar surface area (TPSA) is 9.86 Å². The highest BCUT2D eigenvalue weighted by molar-refractivity contribution is 6.13. The molecule has 0 aliphatic rings. The molecule has 2 nitrogen and oxygen atoms in total. The summed E-state index contributed by atoms with van der Waals surface area (Å²) in [5, 5.41) is 2.04. The Kier molecular flexibility index (Phi) is 7.46. The van der Waals surface area contributed by atoms with Gasteiger partial charge in [0.15, 0.2) is 0 Å². The van der Waals surface area contributed by atoms with Crippen LogP contribution >= 0.6 is 0 Å². The highest BCUT2D eigenvalue weighted by atomic mass is 19.4. The molecule has 0 saturated carbocycles. The molecule has 9 rings (SSSR count). The number of fused-ring (bicyclic) bond motifs is 6. The van der Waals surface area contributed by atoms with Crippen LogP contribution in [0.4, 0.5) is 35.1 Å². The third-order valence-electron chi connectivity index (χ3n) is 9.89. The average molecular weight is 733 g/mol. The Bertz CT molecular complexity index is 2720. The second-order valence-corrected chi connectivity index (χ2v) is 12.9. The van der Waals surface area contributed by atoms with Gasteiger partial charge in [0.1, 0.15) is 11.6 Å². The number of alkyl halides is 6. The summed E-state index contributed by atoms with van der Waals surface area (Å²) in [4.78, 5) is 0. The number of benzene rings is 7. The van der Waals surface area contributed by atoms with E-state index in [-0.39, 0.29) is 22.2 Å². The van der Waals surface area contributed by atoms with Crippen LogP contribution in [0.15, 0.2) is 146 Å². The lowest BCUT2D eigenvalue weighted by atomic mass is 9.85. The van der Waals surface area contributed by atoms with Crippen LogP contribution in [0.1, 0.15) is 11.1 Å². The highest BCUT2D eigenvalue weighted by Crippen LogP contribution is 2.56. The molecule has 0 spiro atoms. The van der Waals surface area contributed by atoms with Crippen LogP contribution in [-0.2, 0) is 12.4 Å². The van der Waals surface area contributed by atoms with E-state index in [0.717, 1.165) is 53.1 Å². The van der Waals surface area contributed by atoms with Crippen LogP contribution < -0.4 is 0 Å². The van der Waals surface area contributed by atoms with Gasteiger partial charge in [0.2, 0.25) is 0 Å². The van der Waals surface area contributed by atoms with Gasteiger partial charge in [-0.2, -0.15) is 26.3 Å². The van der Waals surface area contributed by atoms with Crippen molar-refractivity contribution < 1.29 is 35.1 Å². The van der Waals surface area contributed by atoms with Crippen LogP contribution in [0.5, 0.6) is 0 Å². The monoisotopic (exact) mass is 732 g/mol. The molecule has 9 aromatic rings. The number of rotatable bonds is 4. The zero-order valence-electron chi connectivity index (χ0n) is 27.8. The second kappa shape index (κ2) is 12.1. The molecule has 0 atom stereocenters. The van der Waals surface area contributed by atoms with E-state index in [9.17, 15) is 8.78 Å². The lowest BCUT2D eigenvalue weighted by molar-refractivity contribution is -0.142. The molecule has 0 aliphatic carbocycles. The van der Waals surface area contributed by atoms with Crippen LogP contribution in [0.3, 0.4) is 0 Å². The summed E-state index contributed by atoms with van der Waals surface area (Å²) >= 11 is 0. The van der Waals surface area contributed by atoms with Gasteiger partial charge in [-0.1, -0.05) is 97.1 Å². The van der Waals surface area contributed by atoms with Crippen LogP contribution in [0.25, 0.3) is 77.2 Å². The first-order valence-electron chi connectivity index (χ1n) is 16.8. The van der Waals surface area contributed by atoms with Crippen molar-refractivity contribution >= 4 is 43.6 Å². The van der Waals surface area contributed by atoms with Gasteiger partial charge in [-0.3, -0.25) is 0 Å². The van der Waals surface area contributed by atoms with E-state index in [1.165, 1.54) is 16.7 Å². The van der Waals surface area contributed by atoms with E-state index in [1.54, 1.807) is 84.9 Å². The summed E-state index contributed by atoms with van der Waals surface area (Å²) in [6.07, 6.45) is -10.8. The van der Waals surface area contributed by atoms with Crippen LogP contribution in [0, 0.1) is 11.6 Å². The molecule has 266 valence electrons. The first-order chi connectivity index (χ1) is 25.9. The molecule has 2 heterocycles. The molecule has 0 N–H and O–H groups in total. The molecule has 10 heteroatoms. The van der Waals surface area contributed by atoms with Gasteiger partial charge in [0.25, 0.3) is 0 Å². The van der Waals surface area contributed by atoms with Crippen molar-refractivity contribution in [3.63, 3.8) is 0 Å². The fourth-order valence-electron chi connectivity index (χ4n) is 7.84. The minimum Gasteiger partial charge on any atom is -0.308 e. The molecule has 0 unspecified atom stereocenters. The smallest absolute Gasteiger partial charge is 0.308 e. The summed E-state index contributed by atoms with van der Waals surface area (Å²) in [6, 6.07) is 34.6. The number of halogens is 8. The molecular weight excluding hydrogens is 708 g/mol. The summed E-state index contributed by atoms with van der Waals surface area (Å²) < 4.78 is 130. The van der Waals surface area contributed by atoms with E-state index in [4.69, 9.17) is 0 Å². The Balaban J connectivity index is 1.66. The molecule has 54 heavy (non-hydrogen) atoms. The van der Waals surface area contributed by atoms with Gasteiger partial charge in [-0.25, -0.2) is 8.78 Å². The quantitative estimate of drug-likeness (QED) is 0.160. The maximum Gasteiger partial charge on any atom is 0.419 e. The Morgan fingerprint density at radius 1 is 0.333 bits per heavy atom. The van der Waals surface area contributed by atoms with Gasteiger partial charge in [-0.05, 0) is 59.7 Å². The minimum atomic E-state index is -5.42. The number of aromatic nitrogens is 2. The normalized spacial score (nSPS) is 12.4. The van der Waals surface area contributed by atoms with Crippen LogP contribution in [0.2, 0.25) is 0 Å².